The van der Waals surface area contributed by atoms with Crippen LogP contribution in [0.1, 0.15) is 11.6 Å². The minimum atomic E-state index is -2.93. The van der Waals surface area contributed by atoms with Crippen LogP contribution in [0.25, 0.3) is 0 Å². The first-order valence-corrected chi connectivity index (χ1v) is 8.60. The van der Waals surface area contributed by atoms with Crippen LogP contribution in [0.5, 0.6) is 5.75 Å². The Kier molecular flexibility index (Phi) is 6.45. The van der Waals surface area contributed by atoms with Crippen molar-refractivity contribution < 1.29 is 13.2 Å². The lowest BCUT2D eigenvalue weighted by Crippen LogP contribution is -2.34. The second-order valence-electron chi connectivity index (χ2n) is 4.98. The van der Waals surface area contributed by atoms with Crippen LogP contribution in [0.4, 0.5) is 0 Å². The molecule has 0 saturated carbocycles. The molecule has 0 spiro atoms. The molecule has 5 nitrogen and oxygen atoms in total. The summed E-state index contributed by atoms with van der Waals surface area (Å²) < 4.78 is 27.8. The number of hydrogen-bond acceptors (Lipinski definition) is 5. The maximum absolute atomic E-state index is 11.2. The number of methoxy groups -OCH3 is 1. The summed E-state index contributed by atoms with van der Waals surface area (Å²) in [7, 11) is 2.54. The van der Waals surface area contributed by atoms with Crippen molar-refractivity contribution in [1.29, 1.82) is 0 Å². The fourth-order valence-electron chi connectivity index (χ4n) is 2.02. The predicted molar refractivity (Wildman–Crippen MR) is 82.0 cm³/mol. The molecule has 0 aliphatic carbocycles. The monoisotopic (exact) mass is 300 g/mol. The summed E-state index contributed by atoms with van der Waals surface area (Å²) in [5.41, 5.74) is 1.07. The van der Waals surface area contributed by atoms with Crippen LogP contribution in [0, 0.1) is 0 Å². The lowest BCUT2D eigenvalue weighted by molar-refractivity contribution is 0.306. The first-order valence-electron chi connectivity index (χ1n) is 6.54. The summed E-state index contributed by atoms with van der Waals surface area (Å²) in [4.78, 5) is 2.01. The highest BCUT2D eigenvalue weighted by Crippen LogP contribution is 2.24. The van der Waals surface area contributed by atoms with Gasteiger partial charge in [0.15, 0.2) is 0 Å². The Labute approximate surface area is 121 Å². The molecule has 0 heterocycles. The molecular formula is C14H24N2O3S. The smallest absolute Gasteiger partial charge is 0.148 e. The van der Waals surface area contributed by atoms with E-state index in [4.69, 9.17) is 4.74 Å². The predicted octanol–water partition coefficient (Wildman–Crippen LogP) is 0.932. The average molecular weight is 300 g/mol. The Morgan fingerprint density at radius 1 is 1.35 bits per heavy atom. The van der Waals surface area contributed by atoms with Gasteiger partial charge in [0.25, 0.3) is 0 Å². The van der Waals surface area contributed by atoms with Crippen molar-refractivity contribution in [3.05, 3.63) is 29.8 Å². The van der Waals surface area contributed by atoms with E-state index < -0.39 is 9.84 Å². The van der Waals surface area contributed by atoms with Gasteiger partial charge in [0.05, 0.1) is 12.9 Å². The third kappa shape index (κ3) is 5.48. The van der Waals surface area contributed by atoms with E-state index in [-0.39, 0.29) is 11.8 Å². The Morgan fingerprint density at radius 2 is 2.00 bits per heavy atom. The highest BCUT2D eigenvalue weighted by Gasteiger charge is 2.16. The summed E-state index contributed by atoms with van der Waals surface area (Å²) >= 11 is 0. The molecule has 20 heavy (non-hydrogen) atoms. The molecule has 1 N–H and O–H groups in total. The van der Waals surface area contributed by atoms with Gasteiger partial charge >= 0.3 is 0 Å². The first-order chi connectivity index (χ1) is 9.37. The number of likely N-dealkylation sites (N-methyl/N-ethyl adjacent to an activating group) is 2. The molecule has 0 radical (unpaired) electrons. The van der Waals surface area contributed by atoms with Gasteiger partial charge in [-0.1, -0.05) is 18.2 Å². The van der Waals surface area contributed by atoms with Gasteiger partial charge in [0.2, 0.25) is 0 Å². The number of rotatable bonds is 8. The summed E-state index contributed by atoms with van der Waals surface area (Å²) in [5.74, 6) is 1.01. The van der Waals surface area contributed by atoms with Gasteiger partial charge in [-0.25, -0.2) is 8.42 Å². The third-order valence-electron chi connectivity index (χ3n) is 3.20. The lowest BCUT2D eigenvalue weighted by atomic mass is 10.1. The molecular weight excluding hydrogens is 276 g/mol. The van der Waals surface area contributed by atoms with E-state index in [1.165, 1.54) is 6.26 Å². The third-order valence-corrected chi connectivity index (χ3v) is 4.13. The van der Waals surface area contributed by atoms with Crippen molar-refractivity contribution in [2.24, 2.45) is 0 Å². The molecule has 0 aromatic heterocycles. The van der Waals surface area contributed by atoms with Crippen LogP contribution in [0.15, 0.2) is 24.3 Å². The average Bonchev–Trinajstić information content (AvgIpc) is 2.41. The molecule has 1 atom stereocenters. The minimum Gasteiger partial charge on any atom is -0.496 e. The van der Waals surface area contributed by atoms with E-state index in [1.54, 1.807) is 7.11 Å². The van der Waals surface area contributed by atoms with Gasteiger partial charge < -0.3 is 15.0 Å². The van der Waals surface area contributed by atoms with Gasteiger partial charge in [-0.05, 0) is 20.2 Å². The van der Waals surface area contributed by atoms with Gasteiger partial charge in [0, 0.05) is 31.0 Å². The van der Waals surface area contributed by atoms with E-state index in [9.17, 15) is 8.42 Å². The minimum absolute atomic E-state index is 0.0933. The van der Waals surface area contributed by atoms with Gasteiger partial charge in [-0.2, -0.15) is 0 Å². The van der Waals surface area contributed by atoms with Crippen LogP contribution in [0.2, 0.25) is 0 Å². The second-order valence-corrected chi connectivity index (χ2v) is 7.24. The molecule has 0 fully saturated rings. The fraction of sp³-hybridized carbons (Fsp3) is 0.571. The number of nitrogens with one attached hydrogen (secondary N) is 1. The Balaban J connectivity index is 2.71. The number of sulfone groups is 1. The number of benzene rings is 1. The summed E-state index contributed by atoms with van der Waals surface area (Å²) in [6.45, 7) is 1.23. The standard InChI is InChI=1S/C14H24N2O3S/c1-15-13(11-16(2)9-10-20(4,17)18)12-7-5-6-8-14(12)19-3/h5-8,13,15H,9-11H2,1-4H3. The highest BCUT2D eigenvalue weighted by atomic mass is 32.2. The number of ether oxygens (including phenoxy) is 1. The lowest BCUT2D eigenvalue weighted by Gasteiger charge is -2.25. The molecule has 0 saturated heterocycles. The van der Waals surface area contributed by atoms with Crippen molar-refractivity contribution in [3.8, 4) is 5.75 Å². The SMILES string of the molecule is CNC(CN(C)CCS(C)(=O)=O)c1ccccc1OC. The maximum atomic E-state index is 11.2. The second kappa shape index (κ2) is 7.61. The zero-order chi connectivity index (χ0) is 15.2. The summed E-state index contributed by atoms with van der Waals surface area (Å²) in [6.07, 6.45) is 1.26. The normalized spacial score (nSPS) is 13.4. The van der Waals surface area contributed by atoms with Crippen LogP contribution in [-0.4, -0.2) is 59.6 Å². The van der Waals surface area contributed by atoms with Gasteiger partial charge in [0.1, 0.15) is 15.6 Å². The van der Waals surface area contributed by atoms with Gasteiger partial charge in [-0.15, -0.1) is 0 Å². The molecule has 1 aromatic carbocycles. The van der Waals surface area contributed by atoms with E-state index in [0.717, 1.165) is 11.3 Å². The molecule has 6 heteroatoms. The topological polar surface area (TPSA) is 58.6 Å². The number of nitrogens with zero attached hydrogens (tertiary/aromatic N) is 1. The molecule has 1 aromatic rings. The Hall–Kier alpha value is -1.11. The van der Waals surface area contributed by atoms with Crippen LogP contribution in [0.3, 0.4) is 0 Å². The quantitative estimate of drug-likeness (QED) is 0.774. The van der Waals surface area contributed by atoms with E-state index >= 15 is 0 Å². The molecule has 0 aliphatic rings. The fourth-order valence-corrected chi connectivity index (χ4v) is 2.67. The first kappa shape index (κ1) is 16.9. The molecule has 1 unspecified atom stereocenters. The molecule has 0 bridgehead atoms. The zero-order valence-electron chi connectivity index (χ0n) is 12.6. The largest absolute Gasteiger partial charge is 0.496 e. The van der Waals surface area contributed by atoms with E-state index in [0.29, 0.717) is 13.1 Å². The van der Waals surface area contributed by atoms with Crippen molar-refractivity contribution in [2.75, 3.05) is 46.3 Å². The maximum Gasteiger partial charge on any atom is 0.148 e. The van der Waals surface area contributed by atoms with Crippen LogP contribution < -0.4 is 10.1 Å². The Bertz CT molecular complexity index is 517. The zero-order valence-corrected chi connectivity index (χ0v) is 13.4. The summed E-state index contributed by atoms with van der Waals surface area (Å²) in [6, 6.07) is 7.94. The van der Waals surface area contributed by atoms with Gasteiger partial charge in [-0.3, -0.25) is 0 Å². The Morgan fingerprint density at radius 3 is 2.55 bits per heavy atom. The molecule has 114 valence electrons. The van der Waals surface area contributed by atoms with Crippen molar-refractivity contribution >= 4 is 9.84 Å². The molecule has 1 rings (SSSR count). The molecule has 0 amide bonds. The van der Waals surface area contributed by atoms with Crippen LogP contribution in [-0.2, 0) is 9.84 Å². The highest BCUT2D eigenvalue weighted by molar-refractivity contribution is 7.90. The van der Waals surface area contributed by atoms with Crippen molar-refractivity contribution in [1.82, 2.24) is 10.2 Å². The molecule has 0 aliphatic heterocycles. The number of para-hydroxylation sites is 1. The summed E-state index contributed by atoms with van der Waals surface area (Å²) in [5, 5.41) is 3.25. The van der Waals surface area contributed by atoms with E-state index in [1.807, 2.05) is 43.3 Å². The van der Waals surface area contributed by atoms with Crippen molar-refractivity contribution in [2.45, 2.75) is 6.04 Å². The van der Waals surface area contributed by atoms with Crippen LogP contribution >= 0.6 is 0 Å². The number of hydrogen-bond donors (Lipinski definition) is 1. The van der Waals surface area contributed by atoms with E-state index in [2.05, 4.69) is 5.32 Å². The van der Waals surface area contributed by atoms with Crippen molar-refractivity contribution in [3.63, 3.8) is 0 Å².